The average molecular weight is 481 g/mol. The molecule has 4 rings (SSSR count). The van der Waals surface area contributed by atoms with Gasteiger partial charge in [0.2, 0.25) is 0 Å². The fourth-order valence-electron chi connectivity index (χ4n) is 4.32. The van der Waals surface area contributed by atoms with Gasteiger partial charge < -0.3 is 14.4 Å². The van der Waals surface area contributed by atoms with Crippen molar-refractivity contribution in [2.45, 2.75) is 23.8 Å². The van der Waals surface area contributed by atoms with Gasteiger partial charge in [0, 0.05) is 30.8 Å². The van der Waals surface area contributed by atoms with Crippen LogP contribution in [0.2, 0.25) is 0 Å². The molecule has 0 spiro atoms. The molecule has 8 heteroatoms. The number of carbonyl (C=O) groups is 1. The second-order valence-electron chi connectivity index (χ2n) is 8.10. The van der Waals surface area contributed by atoms with Crippen LogP contribution in [-0.2, 0) is 10.0 Å². The maximum atomic E-state index is 13.5. The van der Waals surface area contributed by atoms with Gasteiger partial charge in [-0.2, -0.15) is 0 Å². The van der Waals surface area contributed by atoms with Gasteiger partial charge in [-0.1, -0.05) is 24.3 Å². The largest absolute Gasteiger partial charge is 0.497 e. The Morgan fingerprint density at radius 1 is 0.971 bits per heavy atom. The van der Waals surface area contributed by atoms with Crippen molar-refractivity contribution in [1.82, 2.24) is 4.90 Å². The third-order valence-corrected chi connectivity index (χ3v) is 7.95. The fraction of sp³-hybridized carbons (Fsp3) is 0.269. The number of likely N-dealkylation sites (tertiary alicyclic amines) is 1. The summed E-state index contributed by atoms with van der Waals surface area (Å²) < 4.78 is 38.5. The Morgan fingerprint density at radius 3 is 2.44 bits per heavy atom. The van der Waals surface area contributed by atoms with Crippen LogP contribution in [0.5, 0.6) is 11.5 Å². The summed E-state index contributed by atoms with van der Waals surface area (Å²) in [5.74, 6) is 1.13. The van der Waals surface area contributed by atoms with E-state index in [0.29, 0.717) is 29.3 Å². The first-order valence-electron chi connectivity index (χ1n) is 11.0. The van der Waals surface area contributed by atoms with E-state index in [0.717, 1.165) is 18.4 Å². The lowest BCUT2D eigenvalue weighted by Gasteiger charge is -2.27. The van der Waals surface area contributed by atoms with E-state index < -0.39 is 10.0 Å². The van der Waals surface area contributed by atoms with Gasteiger partial charge >= 0.3 is 0 Å². The Morgan fingerprint density at radius 2 is 1.74 bits per heavy atom. The minimum absolute atomic E-state index is 0.0717. The van der Waals surface area contributed by atoms with Crippen LogP contribution in [0.15, 0.2) is 77.7 Å². The number of carbonyl (C=O) groups excluding carboxylic acids is 1. The van der Waals surface area contributed by atoms with E-state index in [1.165, 1.54) is 23.5 Å². The smallest absolute Gasteiger partial charge is 0.264 e. The van der Waals surface area contributed by atoms with Gasteiger partial charge in [-0.3, -0.25) is 9.10 Å². The average Bonchev–Trinajstić information content (AvgIpc) is 3.37. The molecule has 0 saturated carbocycles. The number of amides is 1. The topological polar surface area (TPSA) is 76.2 Å². The maximum Gasteiger partial charge on any atom is 0.264 e. The molecule has 0 radical (unpaired) electrons. The summed E-state index contributed by atoms with van der Waals surface area (Å²) >= 11 is 0. The number of hydrogen-bond donors (Lipinski definition) is 0. The van der Waals surface area contributed by atoms with Crippen LogP contribution in [-0.4, -0.2) is 47.0 Å². The fourth-order valence-corrected chi connectivity index (χ4v) is 5.56. The number of nitrogens with zero attached hydrogens (tertiary/aromatic N) is 2. The van der Waals surface area contributed by atoms with Crippen molar-refractivity contribution in [2.75, 3.05) is 32.1 Å². The Balaban J connectivity index is 1.63. The Hall–Kier alpha value is -3.52. The molecule has 1 heterocycles. The van der Waals surface area contributed by atoms with Crippen molar-refractivity contribution in [3.8, 4) is 11.5 Å². The third kappa shape index (κ3) is 4.46. The molecule has 34 heavy (non-hydrogen) atoms. The SMILES string of the molecule is COc1ccc(C2CCCN2C(=O)c2cccc(S(=O)(=O)N(C)c3ccccc3)c2)c(OC)c1. The third-order valence-electron chi connectivity index (χ3n) is 6.17. The molecule has 1 atom stereocenters. The molecule has 1 fully saturated rings. The van der Waals surface area contributed by atoms with Crippen LogP contribution >= 0.6 is 0 Å². The first-order chi connectivity index (χ1) is 16.4. The minimum Gasteiger partial charge on any atom is -0.497 e. The minimum atomic E-state index is -3.83. The molecule has 0 aliphatic carbocycles. The van der Waals surface area contributed by atoms with E-state index in [1.807, 2.05) is 24.3 Å². The second-order valence-corrected chi connectivity index (χ2v) is 10.1. The molecule has 1 aliphatic heterocycles. The zero-order valence-electron chi connectivity index (χ0n) is 19.5. The van der Waals surface area contributed by atoms with Gasteiger partial charge in [-0.25, -0.2) is 8.42 Å². The molecule has 1 saturated heterocycles. The highest BCUT2D eigenvalue weighted by atomic mass is 32.2. The number of para-hydroxylation sites is 1. The van der Waals surface area contributed by atoms with Crippen LogP contribution < -0.4 is 13.8 Å². The number of benzene rings is 3. The quantitative estimate of drug-likeness (QED) is 0.498. The molecule has 0 aromatic heterocycles. The molecule has 178 valence electrons. The number of rotatable bonds is 7. The molecule has 0 N–H and O–H groups in total. The van der Waals surface area contributed by atoms with Crippen molar-refractivity contribution in [1.29, 1.82) is 0 Å². The maximum absolute atomic E-state index is 13.5. The van der Waals surface area contributed by atoms with Crippen molar-refractivity contribution < 1.29 is 22.7 Å². The van der Waals surface area contributed by atoms with E-state index >= 15 is 0 Å². The lowest BCUT2D eigenvalue weighted by molar-refractivity contribution is 0.0734. The van der Waals surface area contributed by atoms with E-state index in [-0.39, 0.29) is 16.8 Å². The van der Waals surface area contributed by atoms with Gasteiger partial charge in [0.1, 0.15) is 11.5 Å². The van der Waals surface area contributed by atoms with E-state index in [9.17, 15) is 13.2 Å². The molecule has 1 aliphatic rings. The van der Waals surface area contributed by atoms with E-state index in [4.69, 9.17) is 9.47 Å². The summed E-state index contributed by atoms with van der Waals surface area (Å²) in [5.41, 5.74) is 1.79. The van der Waals surface area contributed by atoms with E-state index in [1.54, 1.807) is 55.5 Å². The number of methoxy groups -OCH3 is 2. The molecule has 7 nitrogen and oxygen atoms in total. The summed E-state index contributed by atoms with van der Waals surface area (Å²) in [6.45, 7) is 0.583. The summed E-state index contributed by atoms with van der Waals surface area (Å²) in [7, 11) is 0.866. The van der Waals surface area contributed by atoms with Gasteiger partial charge in [0.05, 0.1) is 30.8 Å². The van der Waals surface area contributed by atoms with Gasteiger partial charge in [-0.15, -0.1) is 0 Å². The monoisotopic (exact) mass is 480 g/mol. The molecule has 3 aromatic carbocycles. The van der Waals surface area contributed by atoms with Crippen LogP contribution in [0.3, 0.4) is 0 Å². The second kappa shape index (κ2) is 9.77. The predicted octanol–water partition coefficient (Wildman–Crippen LogP) is 4.51. The highest BCUT2D eigenvalue weighted by Gasteiger charge is 2.33. The Labute approximate surface area is 200 Å². The molecule has 0 bridgehead atoms. The van der Waals surface area contributed by atoms with Crippen molar-refractivity contribution in [2.24, 2.45) is 0 Å². The Bertz CT molecular complexity index is 1280. The van der Waals surface area contributed by atoms with Crippen molar-refractivity contribution in [3.63, 3.8) is 0 Å². The lowest BCUT2D eigenvalue weighted by Crippen LogP contribution is -2.31. The predicted molar refractivity (Wildman–Crippen MR) is 131 cm³/mol. The molecule has 3 aromatic rings. The molecular weight excluding hydrogens is 452 g/mol. The van der Waals surface area contributed by atoms with Gasteiger partial charge in [0.15, 0.2) is 0 Å². The first-order valence-corrected chi connectivity index (χ1v) is 12.5. The number of ether oxygens (including phenoxy) is 2. The number of hydrogen-bond acceptors (Lipinski definition) is 5. The normalized spacial score (nSPS) is 15.7. The highest BCUT2D eigenvalue weighted by Crippen LogP contribution is 2.39. The highest BCUT2D eigenvalue weighted by molar-refractivity contribution is 7.92. The summed E-state index contributed by atoms with van der Waals surface area (Å²) in [6, 6.07) is 20.5. The van der Waals surface area contributed by atoms with Crippen molar-refractivity contribution in [3.05, 3.63) is 83.9 Å². The zero-order chi connectivity index (χ0) is 24.3. The standard InChI is InChI=1S/C26H28N2O5S/c1-27(20-10-5-4-6-11-20)34(30,31)22-12-7-9-19(17-22)26(29)28-16-8-13-24(28)23-15-14-21(32-2)18-25(23)33-3/h4-7,9-12,14-15,17-18,24H,8,13,16H2,1-3H3. The van der Waals surface area contributed by atoms with Crippen LogP contribution in [0.25, 0.3) is 0 Å². The summed E-state index contributed by atoms with van der Waals surface area (Å²) in [5, 5.41) is 0. The number of sulfonamides is 1. The molecule has 1 amide bonds. The van der Waals surface area contributed by atoms with Gasteiger partial charge in [0.25, 0.3) is 15.9 Å². The zero-order valence-corrected chi connectivity index (χ0v) is 20.3. The summed E-state index contributed by atoms with van der Waals surface area (Å²) in [6.07, 6.45) is 1.64. The lowest BCUT2D eigenvalue weighted by atomic mass is 10.0. The first kappa shape index (κ1) is 23.6. The molecule has 1 unspecified atom stereocenters. The summed E-state index contributed by atoms with van der Waals surface area (Å²) in [4.78, 5) is 15.4. The van der Waals surface area contributed by atoms with Gasteiger partial charge in [-0.05, 0) is 55.3 Å². The Kier molecular flexibility index (Phi) is 6.79. The molecular formula is C26H28N2O5S. The van der Waals surface area contributed by atoms with Crippen LogP contribution in [0, 0.1) is 0 Å². The van der Waals surface area contributed by atoms with Crippen LogP contribution in [0.1, 0.15) is 34.8 Å². The van der Waals surface area contributed by atoms with Crippen molar-refractivity contribution >= 4 is 21.6 Å². The van der Waals surface area contributed by atoms with E-state index in [2.05, 4.69) is 0 Å². The van der Waals surface area contributed by atoms with Crippen LogP contribution in [0.4, 0.5) is 5.69 Å². The number of anilines is 1.